The van der Waals surface area contributed by atoms with Crippen molar-refractivity contribution in [1.82, 2.24) is 9.78 Å². The van der Waals surface area contributed by atoms with E-state index in [2.05, 4.69) is 10.4 Å². The van der Waals surface area contributed by atoms with E-state index in [1.807, 2.05) is 0 Å². The van der Waals surface area contributed by atoms with E-state index in [1.54, 1.807) is 55.6 Å². The molecule has 1 aromatic heterocycles. The van der Waals surface area contributed by atoms with Crippen LogP contribution in [0.5, 0.6) is 11.5 Å². The number of nitrogens with one attached hydrogen (secondary N) is 1. The van der Waals surface area contributed by atoms with Crippen LogP contribution in [-0.4, -0.2) is 35.7 Å². The van der Waals surface area contributed by atoms with E-state index in [4.69, 9.17) is 9.47 Å². The number of Topliss-reactive ketones (excluding diaryl/α,β-unsaturated/α-hetero) is 1. The highest BCUT2D eigenvalue weighted by Gasteiger charge is 2.13. The van der Waals surface area contributed by atoms with Gasteiger partial charge in [0.1, 0.15) is 18.0 Å². The third-order valence-corrected chi connectivity index (χ3v) is 4.42. The fourth-order valence-corrected chi connectivity index (χ4v) is 2.84. The number of hydrogen-bond donors (Lipinski definition) is 1. The molecular weight excluding hydrogens is 386 g/mol. The first kappa shape index (κ1) is 20.8. The van der Waals surface area contributed by atoms with E-state index in [0.717, 1.165) is 4.68 Å². The van der Waals surface area contributed by atoms with Gasteiger partial charge in [0.05, 0.1) is 19.9 Å². The Morgan fingerprint density at radius 1 is 1.00 bits per heavy atom. The van der Waals surface area contributed by atoms with Gasteiger partial charge in [-0.2, -0.15) is 5.10 Å². The maximum atomic E-state index is 12.4. The Balaban J connectivity index is 1.83. The van der Waals surface area contributed by atoms with Crippen LogP contribution in [0.25, 0.3) is 11.3 Å². The molecule has 0 spiro atoms. The summed E-state index contributed by atoms with van der Waals surface area (Å²) in [5.74, 6) is 0.684. The molecule has 0 bridgehead atoms. The molecule has 8 nitrogen and oxygen atoms in total. The topological polar surface area (TPSA) is 99.5 Å². The lowest BCUT2D eigenvalue weighted by molar-refractivity contribution is -0.117. The highest BCUT2D eigenvalue weighted by molar-refractivity contribution is 5.95. The van der Waals surface area contributed by atoms with Crippen LogP contribution in [0.1, 0.15) is 17.3 Å². The van der Waals surface area contributed by atoms with Crippen LogP contribution in [0.2, 0.25) is 0 Å². The summed E-state index contributed by atoms with van der Waals surface area (Å²) in [5, 5.41) is 7.00. The first-order chi connectivity index (χ1) is 14.4. The third kappa shape index (κ3) is 4.72. The van der Waals surface area contributed by atoms with Gasteiger partial charge in [0.25, 0.3) is 5.56 Å². The summed E-state index contributed by atoms with van der Waals surface area (Å²) < 4.78 is 11.7. The molecule has 0 saturated heterocycles. The van der Waals surface area contributed by atoms with Crippen molar-refractivity contribution in [2.75, 3.05) is 19.5 Å². The lowest BCUT2D eigenvalue weighted by Gasteiger charge is -2.12. The average Bonchev–Trinajstić information content (AvgIpc) is 2.75. The molecule has 0 aliphatic carbocycles. The zero-order valence-corrected chi connectivity index (χ0v) is 16.8. The molecule has 1 heterocycles. The molecule has 0 fully saturated rings. The smallest absolute Gasteiger partial charge is 0.267 e. The molecule has 0 atom stereocenters. The van der Waals surface area contributed by atoms with E-state index in [-0.39, 0.29) is 12.3 Å². The van der Waals surface area contributed by atoms with E-state index in [9.17, 15) is 14.4 Å². The zero-order valence-electron chi connectivity index (χ0n) is 16.8. The Labute approximate surface area is 173 Å². The monoisotopic (exact) mass is 407 g/mol. The molecule has 0 aliphatic heterocycles. The summed E-state index contributed by atoms with van der Waals surface area (Å²) in [7, 11) is 3.08. The van der Waals surface area contributed by atoms with E-state index in [1.165, 1.54) is 20.1 Å². The van der Waals surface area contributed by atoms with Crippen molar-refractivity contribution in [3.05, 3.63) is 70.5 Å². The normalized spacial score (nSPS) is 10.4. The molecule has 0 radical (unpaired) electrons. The van der Waals surface area contributed by atoms with Crippen LogP contribution in [0, 0.1) is 0 Å². The van der Waals surface area contributed by atoms with E-state index >= 15 is 0 Å². The van der Waals surface area contributed by atoms with Crippen molar-refractivity contribution in [2.24, 2.45) is 0 Å². The second kappa shape index (κ2) is 9.04. The number of nitrogens with zero attached hydrogens (tertiary/aromatic N) is 2. The number of ketones is 1. The minimum atomic E-state index is -0.421. The molecule has 154 valence electrons. The fourth-order valence-electron chi connectivity index (χ4n) is 2.84. The molecule has 3 aromatic rings. The standard InChI is InChI=1S/C22H21N3O5/c1-14(26)15-4-6-16(7-5-15)23-21(27)13-25-22(28)11-9-19(24-25)18-12-17(29-2)8-10-20(18)30-3/h4-12H,13H2,1-3H3,(H,23,27). The lowest BCUT2D eigenvalue weighted by atomic mass is 10.1. The maximum Gasteiger partial charge on any atom is 0.267 e. The fraction of sp³-hybridized carbons (Fsp3) is 0.182. The molecule has 0 aliphatic rings. The molecule has 0 unspecified atom stereocenters. The molecule has 2 aromatic carbocycles. The number of aromatic nitrogens is 2. The van der Waals surface area contributed by atoms with Gasteiger partial charge in [0.15, 0.2) is 5.78 Å². The van der Waals surface area contributed by atoms with Crippen LogP contribution in [0.3, 0.4) is 0 Å². The number of carbonyl (C=O) groups excluding carboxylic acids is 2. The van der Waals surface area contributed by atoms with Gasteiger partial charge in [-0.1, -0.05) is 0 Å². The minimum Gasteiger partial charge on any atom is -0.497 e. The molecular formula is C22H21N3O5. The number of ether oxygens (including phenoxy) is 2. The quantitative estimate of drug-likeness (QED) is 0.605. The van der Waals surface area contributed by atoms with Gasteiger partial charge in [-0.15, -0.1) is 0 Å². The van der Waals surface area contributed by atoms with Gasteiger partial charge >= 0.3 is 0 Å². The number of benzene rings is 2. The Kier molecular flexibility index (Phi) is 6.26. The third-order valence-electron chi connectivity index (χ3n) is 4.42. The van der Waals surface area contributed by atoms with Crippen molar-refractivity contribution in [1.29, 1.82) is 0 Å². The first-order valence-electron chi connectivity index (χ1n) is 9.12. The van der Waals surface area contributed by atoms with Gasteiger partial charge in [-0.25, -0.2) is 4.68 Å². The van der Waals surface area contributed by atoms with Gasteiger partial charge in [-0.05, 0) is 55.5 Å². The summed E-state index contributed by atoms with van der Waals surface area (Å²) in [5.41, 5.74) is 1.74. The van der Waals surface area contributed by atoms with Crippen LogP contribution in [-0.2, 0) is 11.3 Å². The molecule has 0 saturated carbocycles. The van der Waals surface area contributed by atoms with Gasteiger partial charge in [0.2, 0.25) is 5.91 Å². The predicted octanol–water partition coefficient (Wildman–Crippen LogP) is 2.77. The molecule has 1 N–H and O–H groups in total. The van der Waals surface area contributed by atoms with Crippen molar-refractivity contribution in [3.8, 4) is 22.8 Å². The number of rotatable bonds is 7. The van der Waals surface area contributed by atoms with E-state index < -0.39 is 11.5 Å². The van der Waals surface area contributed by atoms with Gasteiger partial charge in [-0.3, -0.25) is 14.4 Å². The SMILES string of the molecule is COc1ccc(OC)c(-c2ccc(=O)n(CC(=O)Nc3ccc(C(C)=O)cc3)n2)c1. The molecule has 8 heteroatoms. The highest BCUT2D eigenvalue weighted by Crippen LogP contribution is 2.31. The summed E-state index contributed by atoms with van der Waals surface area (Å²) in [4.78, 5) is 36.0. The van der Waals surface area contributed by atoms with Crippen LogP contribution in [0.15, 0.2) is 59.4 Å². The van der Waals surface area contributed by atoms with Crippen LogP contribution in [0.4, 0.5) is 5.69 Å². The summed E-state index contributed by atoms with van der Waals surface area (Å²) in [6.45, 7) is 1.20. The highest BCUT2D eigenvalue weighted by atomic mass is 16.5. The van der Waals surface area contributed by atoms with Crippen molar-refractivity contribution >= 4 is 17.4 Å². The second-order valence-electron chi connectivity index (χ2n) is 6.46. The average molecular weight is 407 g/mol. The van der Waals surface area contributed by atoms with Crippen LogP contribution >= 0.6 is 0 Å². The summed E-state index contributed by atoms with van der Waals surface area (Å²) in [6.07, 6.45) is 0. The Morgan fingerprint density at radius 2 is 1.73 bits per heavy atom. The molecule has 1 amide bonds. The Hall–Kier alpha value is -3.94. The number of hydrogen-bond acceptors (Lipinski definition) is 6. The Morgan fingerprint density at radius 3 is 2.37 bits per heavy atom. The largest absolute Gasteiger partial charge is 0.497 e. The van der Waals surface area contributed by atoms with Crippen LogP contribution < -0.4 is 20.3 Å². The number of amides is 1. The zero-order chi connectivity index (χ0) is 21.7. The second-order valence-corrected chi connectivity index (χ2v) is 6.46. The van der Waals surface area contributed by atoms with Crippen molar-refractivity contribution < 1.29 is 19.1 Å². The lowest BCUT2D eigenvalue weighted by Crippen LogP contribution is -2.29. The Bertz CT molecular complexity index is 1140. The predicted molar refractivity (Wildman–Crippen MR) is 112 cm³/mol. The minimum absolute atomic E-state index is 0.0617. The molecule has 3 rings (SSSR count). The van der Waals surface area contributed by atoms with Crippen molar-refractivity contribution in [3.63, 3.8) is 0 Å². The number of carbonyl (C=O) groups is 2. The summed E-state index contributed by atoms with van der Waals surface area (Å²) >= 11 is 0. The maximum absolute atomic E-state index is 12.4. The van der Waals surface area contributed by atoms with E-state index in [0.29, 0.717) is 34.0 Å². The number of anilines is 1. The van der Waals surface area contributed by atoms with Gasteiger partial charge in [0, 0.05) is 22.9 Å². The summed E-state index contributed by atoms with van der Waals surface area (Å²) in [6, 6.07) is 14.6. The van der Waals surface area contributed by atoms with Gasteiger partial charge < -0.3 is 14.8 Å². The van der Waals surface area contributed by atoms with Crippen molar-refractivity contribution in [2.45, 2.75) is 13.5 Å². The molecule has 30 heavy (non-hydrogen) atoms. The number of methoxy groups -OCH3 is 2. The first-order valence-corrected chi connectivity index (χ1v) is 9.12.